The van der Waals surface area contributed by atoms with Crippen molar-refractivity contribution >= 4 is 28.9 Å². The van der Waals surface area contributed by atoms with E-state index < -0.39 is 34.8 Å². The van der Waals surface area contributed by atoms with Crippen molar-refractivity contribution in [2.24, 2.45) is 5.92 Å². The van der Waals surface area contributed by atoms with Crippen LogP contribution in [0.5, 0.6) is 17.2 Å². The Bertz CT molecular complexity index is 1730. The van der Waals surface area contributed by atoms with Crippen molar-refractivity contribution < 1.29 is 33.6 Å². The van der Waals surface area contributed by atoms with Gasteiger partial charge in [-0.25, -0.2) is 9.96 Å². The number of hydroxylamine groups is 1. The van der Waals surface area contributed by atoms with Gasteiger partial charge in [-0.2, -0.15) is 0 Å². The van der Waals surface area contributed by atoms with E-state index in [2.05, 4.69) is 0 Å². The summed E-state index contributed by atoms with van der Waals surface area (Å²) in [5.41, 5.74) is 2.18. The van der Waals surface area contributed by atoms with Gasteiger partial charge in [0, 0.05) is 12.1 Å². The third kappa shape index (κ3) is 5.96. The first-order chi connectivity index (χ1) is 22.4. The summed E-state index contributed by atoms with van der Waals surface area (Å²) in [6.45, 7) is 5.09. The molecule has 0 unspecified atom stereocenters. The number of hydrogen-bond donors (Lipinski definition) is 0. The Kier molecular flexibility index (Phi) is 8.84. The smallest absolute Gasteiger partial charge is 0.271 e. The monoisotopic (exact) mass is 623 g/mol. The summed E-state index contributed by atoms with van der Waals surface area (Å²) in [4.78, 5) is 46.4. The van der Waals surface area contributed by atoms with E-state index in [4.69, 9.17) is 19.0 Å². The van der Waals surface area contributed by atoms with Crippen LogP contribution in [0.4, 0.5) is 17.1 Å². The van der Waals surface area contributed by atoms with Crippen LogP contribution in [0, 0.1) is 16.0 Å². The molecule has 0 bridgehead atoms. The van der Waals surface area contributed by atoms with Crippen molar-refractivity contribution in [1.29, 1.82) is 0 Å². The molecule has 2 saturated heterocycles. The molecule has 0 aliphatic carbocycles. The van der Waals surface area contributed by atoms with Crippen LogP contribution in [0.3, 0.4) is 0 Å². The van der Waals surface area contributed by atoms with Gasteiger partial charge in [0.2, 0.25) is 5.91 Å². The van der Waals surface area contributed by atoms with Gasteiger partial charge >= 0.3 is 0 Å². The molecular weight excluding hydrogens is 590 g/mol. The van der Waals surface area contributed by atoms with Crippen molar-refractivity contribution in [3.05, 3.63) is 118 Å². The largest absolute Gasteiger partial charge is 0.494 e. The Morgan fingerprint density at radius 1 is 0.804 bits per heavy atom. The SMILES string of the molecule is CCCOc1ccc(N2C(=O)[C@H]3[C@@H](c4ccc(OCc5ccccc5)c(OCC)c4)N(c4cccc([N+](=O)[O-])c4)O[C@H]3C2=O)cc1. The quantitative estimate of drug-likeness (QED) is 0.100. The van der Waals surface area contributed by atoms with Crippen LogP contribution >= 0.6 is 0 Å². The number of nitrogens with zero attached hydrogens (tertiary/aromatic N) is 3. The average molecular weight is 624 g/mol. The van der Waals surface area contributed by atoms with Crippen LogP contribution < -0.4 is 24.2 Å². The van der Waals surface area contributed by atoms with Crippen molar-refractivity contribution in [2.75, 3.05) is 23.2 Å². The molecule has 4 aromatic carbocycles. The summed E-state index contributed by atoms with van der Waals surface area (Å²) in [7, 11) is 0. The minimum absolute atomic E-state index is 0.152. The second kappa shape index (κ2) is 13.3. The fraction of sp³-hybridized carbons (Fsp3) is 0.257. The summed E-state index contributed by atoms with van der Waals surface area (Å²) in [5.74, 6) is -0.329. The second-order valence-corrected chi connectivity index (χ2v) is 10.9. The number of carbonyl (C=O) groups excluding carboxylic acids is 2. The highest BCUT2D eigenvalue weighted by atomic mass is 16.7. The van der Waals surface area contributed by atoms with Crippen LogP contribution in [0.15, 0.2) is 97.1 Å². The molecule has 236 valence electrons. The van der Waals surface area contributed by atoms with Crippen molar-refractivity contribution in [3.63, 3.8) is 0 Å². The molecule has 2 aliphatic heterocycles. The number of anilines is 2. The van der Waals surface area contributed by atoms with E-state index in [1.165, 1.54) is 23.3 Å². The third-order valence-electron chi connectivity index (χ3n) is 7.82. The Morgan fingerprint density at radius 3 is 2.30 bits per heavy atom. The van der Waals surface area contributed by atoms with E-state index >= 15 is 0 Å². The molecule has 2 fully saturated rings. The summed E-state index contributed by atoms with van der Waals surface area (Å²) in [6.07, 6.45) is -0.309. The maximum atomic E-state index is 14.1. The molecular formula is C35H33N3O8. The molecule has 0 saturated carbocycles. The van der Waals surface area contributed by atoms with Gasteiger partial charge in [0.25, 0.3) is 11.6 Å². The first kappa shape index (κ1) is 30.6. The van der Waals surface area contributed by atoms with Crippen LogP contribution in [0.2, 0.25) is 0 Å². The Balaban J connectivity index is 1.37. The summed E-state index contributed by atoms with van der Waals surface area (Å²) >= 11 is 0. The molecule has 0 aromatic heterocycles. The van der Waals surface area contributed by atoms with E-state index in [0.717, 1.165) is 16.9 Å². The lowest BCUT2D eigenvalue weighted by Gasteiger charge is -2.29. The summed E-state index contributed by atoms with van der Waals surface area (Å²) in [5, 5.41) is 13.0. The zero-order valence-electron chi connectivity index (χ0n) is 25.4. The normalized spacial score (nSPS) is 18.9. The zero-order chi connectivity index (χ0) is 32.2. The number of nitro groups is 1. The van der Waals surface area contributed by atoms with Gasteiger partial charge in [0.1, 0.15) is 18.3 Å². The molecule has 0 N–H and O–H groups in total. The standard InChI is InChI=1S/C35H33N3O8/c1-3-19-44-28-16-14-25(15-17-28)36-34(39)31-32(37(46-33(31)35(36)40)26-11-8-12-27(21-26)38(41)42)24-13-18-29(30(20-24)43-4-2)45-22-23-9-6-5-7-10-23/h5-18,20-21,31-33H,3-4,19,22H2,1-2H3/t31-,32+,33+/m0/s1. The summed E-state index contributed by atoms with van der Waals surface area (Å²) < 4.78 is 17.7. The second-order valence-electron chi connectivity index (χ2n) is 10.9. The third-order valence-corrected chi connectivity index (χ3v) is 7.82. The van der Waals surface area contributed by atoms with Gasteiger partial charge in [0.05, 0.1) is 35.6 Å². The Labute approximate surface area is 266 Å². The molecule has 4 aromatic rings. The lowest BCUT2D eigenvalue weighted by Crippen LogP contribution is -2.37. The van der Waals surface area contributed by atoms with E-state index in [0.29, 0.717) is 54.0 Å². The molecule has 6 rings (SSSR count). The van der Waals surface area contributed by atoms with Crippen molar-refractivity contribution in [1.82, 2.24) is 0 Å². The van der Waals surface area contributed by atoms with Crippen LogP contribution in [0.1, 0.15) is 37.4 Å². The molecule has 2 amide bonds. The van der Waals surface area contributed by atoms with E-state index in [1.54, 1.807) is 48.5 Å². The molecule has 2 aliphatic rings. The maximum Gasteiger partial charge on any atom is 0.271 e. The van der Waals surface area contributed by atoms with Gasteiger partial charge < -0.3 is 14.2 Å². The lowest BCUT2D eigenvalue weighted by molar-refractivity contribution is -0.384. The number of amides is 2. The number of carbonyl (C=O) groups is 2. The van der Waals surface area contributed by atoms with Crippen molar-refractivity contribution in [3.8, 4) is 17.2 Å². The topological polar surface area (TPSA) is 121 Å². The fourth-order valence-corrected chi connectivity index (χ4v) is 5.72. The number of imide groups is 1. The fourth-order valence-electron chi connectivity index (χ4n) is 5.72. The van der Waals surface area contributed by atoms with Gasteiger partial charge in [0.15, 0.2) is 17.6 Å². The molecule has 0 radical (unpaired) electrons. The van der Waals surface area contributed by atoms with Crippen LogP contribution in [-0.4, -0.2) is 36.1 Å². The van der Waals surface area contributed by atoms with Crippen LogP contribution in [0.25, 0.3) is 0 Å². The van der Waals surface area contributed by atoms with Gasteiger partial charge in [-0.15, -0.1) is 0 Å². The van der Waals surface area contributed by atoms with Crippen LogP contribution in [-0.2, 0) is 21.0 Å². The van der Waals surface area contributed by atoms with Gasteiger partial charge in [-0.3, -0.25) is 24.5 Å². The predicted octanol–water partition coefficient (Wildman–Crippen LogP) is 6.41. The van der Waals surface area contributed by atoms with E-state index in [-0.39, 0.29) is 5.69 Å². The number of fused-ring (bicyclic) bond motifs is 1. The zero-order valence-corrected chi connectivity index (χ0v) is 25.4. The van der Waals surface area contributed by atoms with E-state index in [9.17, 15) is 19.7 Å². The first-order valence-electron chi connectivity index (χ1n) is 15.1. The highest BCUT2D eigenvalue weighted by molar-refractivity contribution is 6.24. The minimum atomic E-state index is -1.16. The van der Waals surface area contributed by atoms with E-state index in [1.807, 2.05) is 44.2 Å². The molecule has 0 spiro atoms. The molecule has 11 heteroatoms. The number of hydrogen-bond acceptors (Lipinski definition) is 9. The maximum absolute atomic E-state index is 14.1. The highest BCUT2D eigenvalue weighted by Crippen LogP contribution is 2.49. The molecule has 2 heterocycles. The van der Waals surface area contributed by atoms with Gasteiger partial charge in [-0.05, 0) is 66.9 Å². The Morgan fingerprint density at radius 2 is 1.59 bits per heavy atom. The van der Waals surface area contributed by atoms with Gasteiger partial charge in [-0.1, -0.05) is 49.4 Å². The summed E-state index contributed by atoms with van der Waals surface area (Å²) in [6, 6.07) is 26.9. The first-order valence-corrected chi connectivity index (χ1v) is 15.1. The number of ether oxygens (including phenoxy) is 3. The molecule has 3 atom stereocenters. The number of non-ortho nitro benzene ring substituents is 1. The lowest BCUT2D eigenvalue weighted by atomic mass is 9.90. The molecule has 46 heavy (non-hydrogen) atoms. The molecule has 11 nitrogen and oxygen atoms in total. The predicted molar refractivity (Wildman–Crippen MR) is 170 cm³/mol. The number of rotatable bonds is 12. The number of benzene rings is 4. The number of nitro benzene ring substituents is 1. The minimum Gasteiger partial charge on any atom is -0.494 e. The van der Waals surface area contributed by atoms with Crippen molar-refractivity contribution in [2.45, 2.75) is 39.0 Å². The average Bonchev–Trinajstić information content (AvgIpc) is 3.59. The Hall–Kier alpha value is -5.42. The highest BCUT2D eigenvalue weighted by Gasteiger charge is 2.60.